The van der Waals surface area contributed by atoms with E-state index in [0.717, 1.165) is 18.2 Å². The molecule has 0 amide bonds. The monoisotopic (exact) mass is 404 g/mol. The van der Waals surface area contributed by atoms with E-state index >= 15 is 0 Å². The van der Waals surface area contributed by atoms with E-state index in [2.05, 4.69) is 15.9 Å². The molecule has 7 heteroatoms. The number of hydrogen-bond donors (Lipinski definition) is 1. The minimum atomic E-state index is -4.41. The first kappa shape index (κ1) is 17.6. The topological polar surface area (TPSA) is 37.3 Å². The van der Waals surface area contributed by atoms with Crippen molar-refractivity contribution in [3.05, 3.63) is 68.7 Å². The van der Waals surface area contributed by atoms with Gasteiger partial charge >= 0.3 is 6.18 Å². The first-order chi connectivity index (χ1) is 10.7. The Balaban J connectivity index is 2.22. The zero-order valence-corrected chi connectivity index (χ0v) is 13.7. The second-order valence-electron chi connectivity index (χ2n) is 4.60. The summed E-state index contributed by atoms with van der Waals surface area (Å²) in [7, 11) is 0. The average molecular weight is 406 g/mol. The lowest BCUT2D eigenvalue weighted by Gasteiger charge is -2.06. The van der Waals surface area contributed by atoms with E-state index in [4.69, 9.17) is 11.6 Å². The third-order valence-corrected chi connectivity index (χ3v) is 3.78. The van der Waals surface area contributed by atoms with Crippen LogP contribution in [0.1, 0.15) is 21.5 Å². The predicted molar refractivity (Wildman–Crippen MR) is 85.6 cm³/mol. The molecular formula is C16H9BrClF3O2. The Kier molecular flexibility index (Phi) is 5.16. The fourth-order valence-corrected chi connectivity index (χ4v) is 2.61. The summed E-state index contributed by atoms with van der Waals surface area (Å²) in [6.07, 6.45) is -1.89. The van der Waals surface area contributed by atoms with Crippen LogP contribution in [0.4, 0.5) is 13.2 Å². The summed E-state index contributed by atoms with van der Waals surface area (Å²) >= 11 is 8.89. The third kappa shape index (κ3) is 4.36. The quantitative estimate of drug-likeness (QED) is 0.523. The normalized spacial score (nSPS) is 11.9. The summed E-state index contributed by atoms with van der Waals surface area (Å²) in [4.78, 5) is 12.1. The molecule has 0 unspecified atom stereocenters. The Bertz CT molecular complexity index is 768. The van der Waals surface area contributed by atoms with Crippen LogP contribution < -0.4 is 0 Å². The number of carbonyl (C=O) groups excluding carboxylic acids is 1. The minimum Gasteiger partial charge on any atom is -0.506 e. The van der Waals surface area contributed by atoms with Gasteiger partial charge in [-0.3, -0.25) is 4.79 Å². The molecule has 2 rings (SSSR count). The Labute approximate surface area is 143 Å². The highest BCUT2D eigenvalue weighted by molar-refractivity contribution is 9.10. The fraction of sp³-hybridized carbons (Fsp3) is 0.0625. The van der Waals surface area contributed by atoms with Gasteiger partial charge in [0.25, 0.3) is 0 Å². The highest BCUT2D eigenvalue weighted by atomic mass is 79.9. The number of carbonyl (C=O) groups is 1. The van der Waals surface area contributed by atoms with E-state index in [1.807, 2.05) is 0 Å². The molecule has 0 spiro atoms. The van der Waals surface area contributed by atoms with Gasteiger partial charge in [-0.1, -0.05) is 29.8 Å². The van der Waals surface area contributed by atoms with Crippen molar-refractivity contribution in [1.29, 1.82) is 0 Å². The van der Waals surface area contributed by atoms with Gasteiger partial charge in [0.2, 0.25) is 0 Å². The maximum atomic E-state index is 12.5. The van der Waals surface area contributed by atoms with Crippen LogP contribution in [0.3, 0.4) is 0 Å². The number of aromatic hydroxyl groups is 1. The van der Waals surface area contributed by atoms with Gasteiger partial charge < -0.3 is 5.11 Å². The molecule has 0 aliphatic carbocycles. The van der Waals surface area contributed by atoms with Crippen molar-refractivity contribution in [1.82, 2.24) is 0 Å². The highest BCUT2D eigenvalue weighted by Crippen LogP contribution is 2.32. The first-order valence-electron chi connectivity index (χ1n) is 6.26. The molecule has 0 aliphatic rings. The Morgan fingerprint density at radius 3 is 2.35 bits per heavy atom. The van der Waals surface area contributed by atoms with E-state index in [9.17, 15) is 23.1 Å². The van der Waals surface area contributed by atoms with Crippen LogP contribution in [0, 0.1) is 0 Å². The molecule has 0 radical (unpaired) electrons. The van der Waals surface area contributed by atoms with E-state index in [0.29, 0.717) is 5.56 Å². The number of rotatable bonds is 3. The number of allylic oxidation sites excluding steroid dienone is 1. The van der Waals surface area contributed by atoms with Crippen molar-refractivity contribution in [3.8, 4) is 5.75 Å². The number of alkyl halides is 3. The van der Waals surface area contributed by atoms with Gasteiger partial charge in [-0.2, -0.15) is 13.2 Å². The summed E-state index contributed by atoms with van der Waals surface area (Å²) in [5, 5.41) is 10.1. The van der Waals surface area contributed by atoms with Crippen molar-refractivity contribution in [2.45, 2.75) is 6.18 Å². The van der Waals surface area contributed by atoms with Gasteiger partial charge in [0, 0.05) is 5.02 Å². The van der Waals surface area contributed by atoms with Crippen molar-refractivity contribution in [3.63, 3.8) is 0 Å². The lowest BCUT2D eigenvalue weighted by atomic mass is 10.1. The molecule has 0 fully saturated rings. The van der Waals surface area contributed by atoms with E-state index in [-0.39, 0.29) is 20.8 Å². The molecule has 0 aromatic heterocycles. The highest BCUT2D eigenvalue weighted by Gasteiger charge is 2.29. The molecular weight excluding hydrogens is 397 g/mol. The predicted octanol–water partition coefficient (Wildman–Crippen LogP) is 5.72. The smallest absolute Gasteiger partial charge is 0.416 e. The average Bonchev–Trinajstić information content (AvgIpc) is 2.48. The number of phenolic OH excluding ortho intramolecular Hbond substituents is 1. The maximum absolute atomic E-state index is 12.5. The van der Waals surface area contributed by atoms with Crippen LogP contribution in [-0.2, 0) is 6.18 Å². The molecule has 0 bridgehead atoms. The summed E-state index contributed by atoms with van der Waals surface area (Å²) < 4.78 is 37.6. The van der Waals surface area contributed by atoms with Crippen molar-refractivity contribution < 1.29 is 23.1 Å². The summed E-state index contributed by atoms with van der Waals surface area (Å²) in [6, 6.07) is 7.10. The maximum Gasteiger partial charge on any atom is 0.416 e. The molecule has 0 atom stereocenters. The largest absolute Gasteiger partial charge is 0.506 e. The second kappa shape index (κ2) is 6.76. The Morgan fingerprint density at radius 2 is 1.78 bits per heavy atom. The van der Waals surface area contributed by atoms with E-state index < -0.39 is 17.5 Å². The summed E-state index contributed by atoms with van der Waals surface area (Å²) in [5.74, 6) is -0.776. The Morgan fingerprint density at radius 1 is 1.17 bits per heavy atom. The van der Waals surface area contributed by atoms with E-state index in [1.165, 1.54) is 30.3 Å². The van der Waals surface area contributed by atoms with Gasteiger partial charge in [0.1, 0.15) is 5.75 Å². The van der Waals surface area contributed by atoms with Crippen LogP contribution >= 0.6 is 27.5 Å². The van der Waals surface area contributed by atoms with Crippen LogP contribution in [0.5, 0.6) is 5.75 Å². The van der Waals surface area contributed by atoms with E-state index in [1.54, 1.807) is 0 Å². The van der Waals surface area contributed by atoms with Gasteiger partial charge in [0.15, 0.2) is 5.78 Å². The molecule has 0 aliphatic heterocycles. The molecule has 1 N–H and O–H groups in total. The molecule has 120 valence electrons. The number of benzene rings is 2. The zero-order chi connectivity index (χ0) is 17.2. The third-order valence-electron chi connectivity index (χ3n) is 2.96. The van der Waals surface area contributed by atoms with Gasteiger partial charge in [-0.25, -0.2) is 0 Å². The number of phenols is 1. The van der Waals surface area contributed by atoms with Crippen LogP contribution in [-0.4, -0.2) is 10.9 Å². The first-order valence-corrected chi connectivity index (χ1v) is 7.43. The molecule has 0 saturated heterocycles. The molecule has 2 aromatic carbocycles. The zero-order valence-electron chi connectivity index (χ0n) is 11.4. The molecule has 0 heterocycles. The van der Waals surface area contributed by atoms with Crippen molar-refractivity contribution in [2.24, 2.45) is 0 Å². The molecule has 2 aromatic rings. The Hall–Kier alpha value is -1.79. The van der Waals surface area contributed by atoms with Crippen molar-refractivity contribution >= 4 is 39.4 Å². The SMILES string of the molecule is O=C(/C=C/c1ccc(C(F)(F)F)cc1)c1cc(Cl)cc(Br)c1O. The standard InChI is InChI=1S/C16H9BrClF3O2/c17-13-8-11(18)7-12(15(13)23)14(22)6-3-9-1-4-10(5-2-9)16(19,20)21/h1-8,23H/b6-3+. The second-order valence-corrected chi connectivity index (χ2v) is 5.89. The van der Waals surface area contributed by atoms with Gasteiger partial charge in [-0.05, 0) is 51.8 Å². The fourth-order valence-electron chi connectivity index (χ4n) is 1.80. The van der Waals surface area contributed by atoms with Gasteiger partial charge in [-0.15, -0.1) is 0 Å². The minimum absolute atomic E-state index is 0.00691. The lowest BCUT2D eigenvalue weighted by molar-refractivity contribution is -0.137. The summed E-state index contributed by atoms with van der Waals surface area (Å²) in [5.41, 5.74) is -0.350. The number of halogens is 5. The van der Waals surface area contributed by atoms with Crippen LogP contribution in [0.15, 0.2) is 46.9 Å². The number of ketones is 1. The van der Waals surface area contributed by atoms with Crippen molar-refractivity contribution in [2.75, 3.05) is 0 Å². The van der Waals surface area contributed by atoms with Crippen LogP contribution in [0.25, 0.3) is 6.08 Å². The number of hydrogen-bond acceptors (Lipinski definition) is 2. The molecule has 0 saturated carbocycles. The molecule has 2 nitrogen and oxygen atoms in total. The summed E-state index contributed by atoms with van der Waals surface area (Å²) in [6.45, 7) is 0. The molecule has 23 heavy (non-hydrogen) atoms. The van der Waals surface area contributed by atoms with Crippen LogP contribution in [0.2, 0.25) is 5.02 Å². The van der Waals surface area contributed by atoms with Gasteiger partial charge in [0.05, 0.1) is 15.6 Å². The lowest BCUT2D eigenvalue weighted by Crippen LogP contribution is -2.04.